The first-order chi connectivity index (χ1) is 16.4. The zero-order valence-corrected chi connectivity index (χ0v) is 18.8. The van der Waals surface area contributed by atoms with Crippen LogP contribution in [0.5, 0.6) is 0 Å². The van der Waals surface area contributed by atoms with Crippen molar-refractivity contribution in [3.05, 3.63) is 87.0 Å². The minimum absolute atomic E-state index is 0.0418. The number of fused-ring (bicyclic) bond motifs is 2. The van der Waals surface area contributed by atoms with E-state index in [4.69, 9.17) is 9.72 Å². The number of nitriles is 1. The second-order valence-electron chi connectivity index (χ2n) is 7.66. The summed E-state index contributed by atoms with van der Waals surface area (Å²) in [5, 5.41) is 10.1. The van der Waals surface area contributed by atoms with Gasteiger partial charge >= 0.3 is 0 Å². The van der Waals surface area contributed by atoms with E-state index in [9.17, 15) is 19.2 Å². The van der Waals surface area contributed by atoms with Gasteiger partial charge in [-0.15, -0.1) is 0 Å². The van der Waals surface area contributed by atoms with Crippen molar-refractivity contribution in [1.82, 2.24) is 14.0 Å². The first kappa shape index (κ1) is 23.0. The molecule has 0 aliphatic heterocycles. The molecule has 0 saturated heterocycles. The maximum Gasteiger partial charge on any atom is 0.279 e. The minimum atomic E-state index is -0.706. The molecular weight excluding hydrogens is 437 g/mol. The lowest BCUT2D eigenvalue weighted by molar-refractivity contribution is 0.0996. The van der Waals surface area contributed by atoms with E-state index in [1.807, 2.05) is 26.0 Å². The molecule has 0 unspecified atom stereocenters. The van der Waals surface area contributed by atoms with Crippen molar-refractivity contribution in [1.29, 1.82) is 5.26 Å². The molecule has 9 heteroatoms. The molecule has 0 atom stereocenters. The fourth-order valence-electron chi connectivity index (χ4n) is 3.75. The monoisotopic (exact) mass is 459 g/mol. The summed E-state index contributed by atoms with van der Waals surface area (Å²) in [4.78, 5) is 35.0. The maximum absolute atomic E-state index is 13.7. The van der Waals surface area contributed by atoms with Crippen LogP contribution in [0.3, 0.4) is 0 Å². The van der Waals surface area contributed by atoms with Gasteiger partial charge in [0.15, 0.2) is 5.49 Å². The number of rotatable bonds is 6. The number of carbonyl (C=O) groups excluding carboxylic acids is 1. The highest BCUT2D eigenvalue weighted by molar-refractivity contribution is 5.95. The Morgan fingerprint density at radius 2 is 2.06 bits per heavy atom. The number of pyridine rings is 2. The molecule has 3 aromatic heterocycles. The second-order valence-corrected chi connectivity index (χ2v) is 7.66. The van der Waals surface area contributed by atoms with Crippen molar-refractivity contribution >= 4 is 22.6 Å². The summed E-state index contributed by atoms with van der Waals surface area (Å²) in [5.74, 6) is -1.27. The molecule has 0 aliphatic carbocycles. The molecule has 1 amide bonds. The van der Waals surface area contributed by atoms with E-state index in [2.05, 4.69) is 4.99 Å². The Labute approximate surface area is 194 Å². The summed E-state index contributed by atoms with van der Waals surface area (Å²) < 4.78 is 22.1. The Hall–Kier alpha value is -4.16. The number of aromatic nitrogens is 3. The number of hydrogen-bond donors (Lipinski definition) is 0. The minimum Gasteiger partial charge on any atom is -0.382 e. The number of hydrogen-bond acceptors (Lipinski definition) is 5. The molecule has 0 spiro atoms. The Morgan fingerprint density at radius 1 is 1.24 bits per heavy atom. The lowest BCUT2D eigenvalue weighted by atomic mass is 10.2. The third-order valence-corrected chi connectivity index (χ3v) is 5.38. The van der Waals surface area contributed by atoms with Gasteiger partial charge in [-0.05, 0) is 56.2 Å². The molecule has 0 saturated carbocycles. The van der Waals surface area contributed by atoms with Gasteiger partial charge in [0.25, 0.3) is 11.5 Å². The summed E-state index contributed by atoms with van der Waals surface area (Å²) in [5.41, 5.74) is 1.38. The lowest BCUT2D eigenvalue weighted by Gasteiger charge is -2.14. The van der Waals surface area contributed by atoms with E-state index < -0.39 is 11.7 Å². The van der Waals surface area contributed by atoms with Crippen LogP contribution >= 0.6 is 0 Å². The van der Waals surface area contributed by atoms with Crippen LogP contribution in [0.15, 0.2) is 58.4 Å². The van der Waals surface area contributed by atoms with E-state index in [0.29, 0.717) is 37.5 Å². The zero-order chi connectivity index (χ0) is 24.2. The number of benzene rings is 1. The molecule has 34 heavy (non-hydrogen) atoms. The average Bonchev–Trinajstić information content (AvgIpc) is 2.83. The highest BCUT2D eigenvalue weighted by Gasteiger charge is 2.16. The van der Waals surface area contributed by atoms with Crippen LogP contribution in [0.25, 0.3) is 16.7 Å². The molecule has 0 aliphatic rings. The predicted molar refractivity (Wildman–Crippen MR) is 124 cm³/mol. The predicted octanol–water partition coefficient (Wildman–Crippen LogP) is 3.14. The van der Waals surface area contributed by atoms with Gasteiger partial charge in [-0.3, -0.25) is 14.0 Å². The number of aryl methyl sites for hydroxylation is 2. The van der Waals surface area contributed by atoms with Gasteiger partial charge in [0, 0.05) is 31.5 Å². The summed E-state index contributed by atoms with van der Waals surface area (Å²) in [6, 6.07) is 12.2. The molecule has 3 heterocycles. The average molecular weight is 459 g/mol. The molecule has 172 valence electrons. The van der Waals surface area contributed by atoms with Crippen molar-refractivity contribution in [2.24, 2.45) is 4.99 Å². The lowest BCUT2D eigenvalue weighted by Crippen LogP contribution is -2.30. The van der Waals surface area contributed by atoms with Crippen molar-refractivity contribution in [2.45, 2.75) is 26.8 Å². The fraction of sp³-hybridized carbons (Fsp3) is 0.240. The fourth-order valence-corrected chi connectivity index (χ4v) is 3.75. The van der Waals surface area contributed by atoms with Crippen molar-refractivity contribution < 1.29 is 13.9 Å². The summed E-state index contributed by atoms with van der Waals surface area (Å²) in [6.45, 7) is 5.01. The number of ether oxygens (including phenoxy) is 1. The van der Waals surface area contributed by atoms with Gasteiger partial charge < -0.3 is 9.30 Å². The van der Waals surface area contributed by atoms with Crippen LogP contribution in [0.4, 0.5) is 4.39 Å². The van der Waals surface area contributed by atoms with Crippen LogP contribution in [0.1, 0.15) is 34.8 Å². The third kappa shape index (κ3) is 4.36. The normalized spacial score (nSPS) is 11.8. The Bertz CT molecular complexity index is 1580. The molecule has 1 aromatic carbocycles. The largest absolute Gasteiger partial charge is 0.382 e. The van der Waals surface area contributed by atoms with Gasteiger partial charge in [0.1, 0.15) is 23.2 Å². The Kier molecular flexibility index (Phi) is 6.61. The van der Waals surface area contributed by atoms with Gasteiger partial charge in [0.05, 0.1) is 10.9 Å². The summed E-state index contributed by atoms with van der Waals surface area (Å²) in [6.07, 6.45) is 2.16. The van der Waals surface area contributed by atoms with E-state index in [0.717, 1.165) is 11.6 Å². The van der Waals surface area contributed by atoms with Crippen molar-refractivity contribution in [3.8, 4) is 6.07 Å². The number of amides is 1. The standard InChI is InChI=1S/C25H22FN5O3/c1-3-34-12-6-11-30-22(29-24(32)17-8-4-9-19(26)13-17)18(15-27)14-20-23(30)28-21-16(2)7-5-10-31(21)25(20)33/h4-5,7-10,13-14H,3,6,11-12H2,1-2H3. The van der Waals surface area contributed by atoms with Crippen molar-refractivity contribution in [3.63, 3.8) is 0 Å². The van der Waals surface area contributed by atoms with E-state index in [-0.39, 0.29) is 27.6 Å². The molecule has 8 nitrogen and oxygen atoms in total. The number of nitrogens with zero attached hydrogens (tertiary/aromatic N) is 5. The first-order valence-corrected chi connectivity index (χ1v) is 10.8. The quantitative estimate of drug-likeness (QED) is 0.326. The van der Waals surface area contributed by atoms with Gasteiger partial charge in [-0.1, -0.05) is 12.1 Å². The van der Waals surface area contributed by atoms with Crippen LogP contribution in [-0.2, 0) is 11.3 Å². The highest BCUT2D eigenvalue weighted by atomic mass is 19.1. The van der Waals surface area contributed by atoms with Crippen LogP contribution in [-0.4, -0.2) is 33.1 Å². The smallest absolute Gasteiger partial charge is 0.279 e. The first-order valence-electron chi connectivity index (χ1n) is 10.8. The van der Waals surface area contributed by atoms with Crippen molar-refractivity contribution in [2.75, 3.05) is 13.2 Å². The second kappa shape index (κ2) is 9.77. The molecule has 0 bridgehead atoms. The molecule has 0 fully saturated rings. The molecule has 0 N–H and O–H groups in total. The van der Waals surface area contributed by atoms with E-state index in [1.165, 1.54) is 28.7 Å². The SMILES string of the molecule is CCOCCCn1c(=NC(=O)c2cccc(F)c2)c(C#N)cc2c(=O)n3cccc(C)c3nc21. The third-order valence-electron chi connectivity index (χ3n) is 5.38. The number of halogens is 1. The van der Waals surface area contributed by atoms with E-state index in [1.54, 1.807) is 16.8 Å². The summed E-state index contributed by atoms with van der Waals surface area (Å²) in [7, 11) is 0. The molecule has 0 radical (unpaired) electrons. The molecular formula is C25H22FN5O3. The zero-order valence-electron chi connectivity index (χ0n) is 18.8. The van der Waals surface area contributed by atoms with E-state index >= 15 is 0 Å². The Morgan fingerprint density at radius 3 is 2.79 bits per heavy atom. The Balaban J connectivity index is 2.04. The summed E-state index contributed by atoms with van der Waals surface area (Å²) >= 11 is 0. The van der Waals surface area contributed by atoms with Gasteiger partial charge in [-0.2, -0.15) is 10.3 Å². The van der Waals surface area contributed by atoms with Crippen LogP contribution in [0, 0.1) is 24.1 Å². The topological polar surface area (TPSA) is 102 Å². The van der Waals surface area contributed by atoms with Crippen LogP contribution < -0.4 is 11.0 Å². The highest BCUT2D eigenvalue weighted by Crippen LogP contribution is 2.13. The number of carbonyl (C=O) groups is 1. The van der Waals surface area contributed by atoms with Gasteiger partial charge in [0.2, 0.25) is 0 Å². The maximum atomic E-state index is 13.7. The molecule has 4 rings (SSSR count). The van der Waals surface area contributed by atoms with Crippen LogP contribution in [0.2, 0.25) is 0 Å². The van der Waals surface area contributed by atoms with Gasteiger partial charge in [-0.25, -0.2) is 9.37 Å². The molecule has 4 aromatic rings.